The molecule has 1 aliphatic rings. The summed E-state index contributed by atoms with van der Waals surface area (Å²) in [5.41, 5.74) is 0.449. The van der Waals surface area contributed by atoms with Gasteiger partial charge >= 0.3 is 5.97 Å². The van der Waals surface area contributed by atoms with E-state index in [0.717, 1.165) is 30.8 Å². The van der Waals surface area contributed by atoms with Crippen LogP contribution in [0.15, 0.2) is 5.38 Å². The molecule has 1 saturated heterocycles. The highest BCUT2D eigenvalue weighted by atomic mass is 35.5. The Hall–Kier alpha value is -1.40. The number of aromatic nitrogens is 2. The van der Waals surface area contributed by atoms with Crippen LogP contribution in [-0.2, 0) is 4.74 Å². The third-order valence-corrected chi connectivity index (χ3v) is 4.41. The largest absolute Gasteiger partial charge is 0.462 e. The third kappa shape index (κ3) is 2.33. The molecule has 1 fully saturated rings. The quantitative estimate of drug-likeness (QED) is 0.644. The van der Waals surface area contributed by atoms with Gasteiger partial charge in [-0.1, -0.05) is 11.6 Å². The van der Waals surface area contributed by atoms with E-state index in [1.165, 1.54) is 11.3 Å². The molecule has 0 atom stereocenters. The number of hydrogen-bond donors (Lipinski definition) is 0. The van der Waals surface area contributed by atoms with Crippen molar-refractivity contribution in [2.75, 3.05) is 24.6 Å². The van der Waals surface area contributed by atoms with E-state index in [-0.39, 0.29) is 5.97 Å². The van der Waals surface area contributed by atoms with E-state index in [2.05, 4.69) is 14.9 Å². The number of anilines is 1. The zero-order valence-electron chi connectivity index (χ0n) is 11.1. The van der Waals surface area contributed by atoms with Crippen molar-refractivity contribution in [3.05, 3.63) is 16.1 Å². The van der Waals surface area contributed by atoms with Gasteiger partial charge < -0.3 is 9.64 Å². The maximum absolute atomic E-state index is 11.9. The second kappa shape index (κ2) is 5.54. The summed E-state index contributed by atoms with van der Waals surface area (Å²) in [5, 5.41) is 2.65. The van der Waals surface area contributed by atoms with Crippen molar-refractivity contribution in [3.63, 3.8) is 0 Å². The molecule has 20 heavy (non-hydrogen) atoms. The van der Waals surface area contributed by atoms with Gasteiger partial charge in [0.1, 0.15) is 9.98 Å². The Morgan fingerprint density at radius 3 is 2.90 bits per heavy atom. The lowest BCUT2D eigenvalue weighted by Gasteiger charge is -2.15. The molecule has 106 valence electrons. The predicted octanol–water partition coefficient (Wildman–Crippen LogP) is 3.12. The van der Waals surface area contributed by atoms with Crippen molar-refractivity contribution >= 4 is 45.1 Å². The summed E-state index contributed by atoms with van der Waals surface area (Å²) in [7, 11) is 0. The molecule has 0 bridgehead atoms. The maximum atomic E-state index is 11.9. The smallest absolute Gasteiger partial charge is 0.339 e. The summed E-state index contributed by atoms with van der Waals surface area (Å²) >= 11 is 7.64. The monoisotopic (exact) mass is 311 g/mol. The number of rotatable bonds is 3. The first kappa shape index (κ1) is 13.6. The Morgan fingerprint density at radius 2 is 2.20 bits per heavy atom. The number of fused-ring (bicyclic) bond motifs is 1. The van der Waals surface area contributed by atoms with Crippen molar-refractivity contribution in [2.24, 2.45) is 0 Å². The van der Waals surface area contributed by atoms with E-state index in [1.54, 1.807) is 12.3 Å². The first-order valence-corrected chi connectivity index (χ1v) is 7.83. The molecule has 1 aliphatic heterocycles. The van der Waals surface area contributed by atoms with E-state index >= 15 is 0 Å². The fourth-order valence-corrected chi connectivity index (χ4v) is 3.53. The number of ether oxygens (including phenoxy) is 1. The minimum Gasteiger partial charge on any atom is -0.462 e. The predicted molar refractivity (Wildman–Crippen MR) is 79.8 cm³/mol. The summed E-state index contributed by atoms with van der Waals surface area (Å²) in [5.74, 6) is 0.274. The Bertz CT molecular complexity index is 652. The molecule has 0 N–H and O–H groups in total. The van der Waals surface area contributed by atoms with Crippen LogP contribution in [0.1, 0.15) is 30.1 Å². The second-order valence-electron chi connectivity index (χ2n) is 4.56. The molecule has 0 saturated carbocycles. The second-order valence-corrected chi connectivity index (χ2v) is 5.77. The Balaban J connectivity index is 2.04. The fourth-order valence-electron chi connectivity index (χ4n) is 2.31. The normalized spacial score (nSPS) is 15.0. The van der Waals surface area contributed by atoms with Crippen LogP contribution < -0.4 is 4.90 Å². The minimum atomic E-state index is -0.377. The maximum Gasteiger partial charge on any atom is 0.339 e. The first-order valence-electron chi connectivity index (χ1n) is 6.57. The highest BCUT2D eigenvalue weighted by Crippen LogP contribution is 2.32. The molecule has 0 spiro atoms. The molecule has 0 unspecified atom stereocenters. The van der Waals surface area contributed by atoms with Gasteiger partial charge in [-0.05, 0) is 19.8 Å². The fraction of sp³-hybridized carbons (Fsp3) is 0.462. The van der Waals surface area contributed by atoms with Crippen molar-refractivity contribution < 1.29 is 9.53 Å². The Labute approximate surface area is 125 Å². The van der Waals surface area contributed by atoms with Crippen LogP contribution in [0.2, 0.25) is 5.15 Å². The van der Waals surface area contributed by atoms with Crippen LogP contribution in [0, 0.1) is 0 Å². The summed E-state index contributed by atoms with van der Waals surface area (Å²) in [4.78, 5) is 23.6. The lowest BCUT2D eigenvalue weighted by molar-refractivity contribution is 0.0529. The van der Waals surface area contributed by atoms with E-state index in [0.29, 0.717) is 28.7 Å². The van der Waals surface area contributed by atoms with Crippen LogP contribution >= 0.6 is 22.9 Å². The van der Waals surface area contributed by atoms with Gasteiger partial charge in [0.2, 0.25) is 5.95 Å². The number of carbonyl (C=O) groups excluding carboxylic acids is 1. The molecule has 5 nitrogen and oxygen atoms in total. The van der Waals surface area contributed by atoms with Gasteiger partial charge in [0.05, 0.1) is 17.6 Å². The van der Waals surface area contributed by atoms with Crippen molar-refractivity contribution in [3.8, 4) is 0 Å². The zero-order chi connectivity index (χ0) is 14.1. The zero-order valence-corrected chi connectivity index (χ0v) is 12.6. The molecule has 0 radical (unpaired) electrons. The number of hydrogen-bond acceptors (Lipinski definition) is 6. The van der Waals surface area contributed by atoms with Crippen molar-refractivity contribution in [1.82, 2.24) is 9.97 Å². The van der Waals surface area contributed by atoms with Gasteiger partial charge in [0.25, 0.3) is 0 Å². The molecule has 3 heterocycles. The molecule has 0 aromatic carbocycles. The molecule has 0 aliphatic carbocycles. The van der Waals surface area contributed by atoms with Gasteiger partial charge in [-0.3, -0.25) is 0 Å². The molecular weight excluding hydrogens is 298 g/mol. The SMILES string of the molecule is CCOC(=O)c1csc2nc(N3CCCC3)nc(Cl)c12. The average molecular weight is 312 g/mol. The van der Waals surface area contributed by atoms with Crippen LogP contribution in [0.4, 0.5) is 5.95 Å². The summed E-state index contributed by atoms with van der Waals surface area (Å²) in [6, 6.07) is 0. The highest BCUT2D eigenvalue weighted by molar-refractivity contribution is 7.17. The van der Waals surface area contributed by atoms with Crippen LogP contribution in [0.3, 0.4) is 0 Å². The van der Waals surface area contributed by atoms with Gasteiger partial charge in [0.15, 0.2) is 0 Å². The lowest BCUT2D eigenvalue weighted by Crippen LogP contribution is -2.20. The number of nitrogens with zero attached hydrogens (tertiary/aromatic N) is 3. The Morgan fingerprint density at radius 1 is 1.45 bits per heavy atom. The number of thiophene rings is 1. The number of carbonyl (C=O) groups is 1. The number of halogens is 1. The third-order valence-electron chi connectivity index (χ3n) is 3.26. The van der Waals surface area contributed by atoms with E-state index in [4.69, 9.17) is 16.3 Å². The van der Waals surface area contributed by atoms with Gasteiger partial charge in [0, 0.05) is 18.5 Å². The molecule has 2 aromatic heterocycles. The molecule has 7 heteroatoms. The molecule has 0 amide bonds. The van der Waals surface area contributed by atoms with Crippen molar-refractivity contribution in [1.29, 1.82) is 0 Å². The highest BCUT2D eigenvalue weighted by Gasteiger charge is 2.21. The lowest BCUT2D eigenvalue weighted by atomic mass is 10.2. The van der Waals surface area contributed by atoms with E-state index < -0.39 is 0 Å². The topological polar surface area (TPSA) is 55.3 Å². The molecule has 2 aromatic rings. The standard InChI is InChI=1S/C13H14ClN3O2S/c1-2-19-12(18)8-7-20-11-9(8)10(14)15-13(16-11)17-5-3-4-6-17/h7H,2-6H2,1H3. The first-order chi connectivity index (χ1) is 9.70. The van der Waals surface area contributed by atoms with E-state index in [1.807, 2.05) is 0 Å². The summed E-state index contributed by atoms with van der Waals surface area (Å²) in [6.07, 6.45) is 2.30. The van der Waals surface area contributed by atoms with Crippen LogP contribution in [0.5, 0.6) is 0 Å². The summed E-state index contributed by atoms with van der Waals surface area (Å²) in [6.45, 7) is 4.02. The van der Waals surface area contributed by atoms with Crippen LogP contribution in [0.25, 0.3) is 10.2 Å². The van der Waals surface area contributed by atoms with Gasteiger partial charge in [-0.2, -0.15) is 0 Å². The average Bonchev–Trinajstić information content (AvgIpc) is 3.08. The van der Waals surface area contributed by atoms with Crippen LogP contribution in [-0.4, -0.2) is 35.6 Å². The molecule has 3 rings (SSSR count). The minimum absolute atomic E-state index is 0.321. The molecular formula is C13H14ClN3O2S. The van der Waals surface area contributed by atoms with Gasteiger partial charge in [-0.15, -0.1) is 11.3 Å². The van der Waals surface area contributed by atoms with Crippen molar-refractivity contribution in [2.45, 2.75) is 19.8 Å². The van der Waals surface area contributed by atoms with E-state index in [9.17, 15) is 4.79 Å². The summed E-state index contributed by atoms with van der Waals surface area (Å²) < 4.78 is 5.02. The number of esters is 1. The van der Waals surface area contributed by atoms with Gasteiger partial charge in [-0.25, -0.2) is 14.8 Å². The Kier molecular flexibility index (Phi) is 3.76.